The molecule has 3 amide bonds. The Morgan fingerprint density at radius 3 is 2.61 bits per heavy atom. The van der Waals surface area contributed by atoms with Crippen LogP contribution in [0.1, 0.15) is 22.3 Å². The van der Waals surface area contributed by atoms with Gasteiger partial charge in [-0.15, -0.1) is 0 Å². The molecular formula is C31H26N2O4S. The van der Waals surface area contributed by atoms with Crippen LogP contribution >= 0.6 is 11.8 Å². The zero-order chi connectivity index (χ0) is 26.6. The Bertz CT molecular complexity index is 1590. The number of benzene rings is 4. The molecule has 1 heterocycles. The molecule has 38 heavy (non-hydrogen) atoms. The average molecular weight is 523 g/mol. The summed E-state index contributed by atoms with van der Waals surface area (Å²) in [5.41, 5.74) is 4.38. The van der Waals surface area contributed by atoms with Crippen LogP contribution in [0.5, 0.6) is 5.75 Å². The van der Waals surface area contributed by atoms with Crippen molar-refractivity contribution in [3.8, 4) is 5.75 Å². The number of hydrogen-bond acceptors (Lipinski definition) is 5. The second-order valence-electron chi connectivity index (χ2n) is 9.13. The van der Waals surface area contributed by atoms with Gasteiger partial charge >= 0.3 is 0 Å². The molecule has 5 rings (SSSR count). The zero-order valence-corrected chi connectivity index (χ0v) is 21.9. The molecule has 1 saturated heterocycles. The van der Waals surface area contributed by atoms with Crippen LogP contribution in [-0.4, -0.2) is 28.5 Å². The molecule has 1 fully saturated rings. The van der Waals surface area contributed by atoms with Crippen molar-refractivity contribution < 1.29 is 19.1 Å². The van der Waals surface area contributed by atoms with Gasteiger partial charge in [0, 0.05) is 5.69 Å². The number of fused-ring (bicyclic) bond motifs is 1. The summed E-state index contributed by atoms with van der Waals surface area (Å²) >= 11 is 0.826. The number of anilines is 1. The third kappa shape index (κ3) is 5.63. The minimum atomic E-state index is -0.488. The number of hydrogen-bond donors (Lipinski definition) is 1. The van der Waals surface area contributed by atoms with Gasteiger partial charge in [0.25, 0.3) is 11.1 Å². The minimum Gasteiger partial charge on any atom is -0.489 e. The summed E-state index contributed by atoms with van der Waals surface area (Å²) in [6.45, 7) is 3.87. The van der Waals surface area contributed by atoms with Gasteiger partial charge in [0.1, 0.15) is 18.9 Å². The topological polar surface area (TPSA) is 75.7 Å². The van der Waals surface area contributed by atoms with Crippen molar-refractivity contribution in [1.82, 2.24) is 4.90 Å². The lowest BCUT2D eigenvalue weighted by Gasteiger charge is -2.14. The highest BCUT2D eigenvalue weighted by molar-refractivity contribution is 8.18. The van der Waals surface area contributed by atoms with Gasteiger partial charge in [0.05, 0.1) is 4.91 Å². The molecule has 1 aliphatic heterocycles. The highest BCUT2D eigenvalue weighted by Crippen LogP contribution is 2.33. The standard InChI is InChI=1S/C31H26N2O4S/c1-20-13-14-21(2)27(15-20)32-29(34)18-33-30(35)28(38-31(33)36)17-22-7-5-11-25(16-22)37-19-24-10-6-9-23-8-3-4-12-26(23)24/h3-17H,18-19H2,1-2H3,(H,32,34)/b28-17+. The van der Waals surface area contributed by atoms with Crippen LogP contribution in [0.25, 0.3) is 16.8 Å². The maximum Gasteiger partial charge on any atom is 0.294 e. The summed E-state index contributed by atoms with van der Waals surface area (Å²) < 4.78 is 6.05. The molecular weight excluding hydrogens is 496 g/mol. The van der Waals surface area contributed by atoms with Crippen LogP contribution in [-0.2, 0) is 16.2 Å². The Morgan fingerprint density at radius 1 is 0.947 bits per heavy atom. The number of imide groups is 1. The Kier molecular flexibility index (Phi) is 7.29. The highest BCUT2D eigenvalue weighted by Gasteiger charge is 2.36. The van der Waals surface area contributed by atoms with Crippen LogP contribution in [0.15, 0.2) is 89.8 Å². The predicted molar refractivity (Wildman–Crippen MR) is 152 cm³/mol. The first kappa shape index (κ1) is 25.3. The fraction of sp³-hybridized carbons (Fsp3) is 0.129. The van der Waals surface area contributed by atoms with Crippen LogP contribution in [0.3, 0.4) is 0 Å². The predicted octanol–water partition coefficient (Wildman–Crippen LogP) is 6.71. The molecule has 4 aromatic rings. The minimum absolute atomic E-state index is 0.265. The first-order chi connectivity index (χ1) is 18.4. The van der Waals surface area contributed by atoms with E-state index in [1.54, 1.807) is 6.08 Å². The van der Waals surface area contributed by atoms with Crippen molar-refractivity contribution in [2.75, 3.05) is 11.9 Å². The Balaban J connectivity index is 1.25. The third-order valence-corrected chi connectivity index (χ3v) is 7.18. The number of carbonyl (C=O) groups is 3. The maximum atomic E-state index is 13.0. The summed E-state index contributed by atoms with van der Waals surface area (Å²) in [5.74, 6) is -0.261. The smallest absolute Gasteiger partial charge is 0.294 e. The van der Waals surface area contributed by atoms with Gasteiger partial charge in [0.2, 0.25) is 5.91 Å². The molecule has 7 heteroatoms. The Hall–Kier alpha value is -4.36. The van der Waals surface area contributed by atoms with Crippen LogP contribution in [0.4, 0.5) is 10.5 Å². The van der Waals surface area contributed by atoms with Gasteiger partial charge in [-0.1, -0.05) is 66.7 Å². The quantitative estimate of drug-likeness (QED) is 0.273. The van der Waals surface area contributed by atoms with Gasteiger partial charge in [-0.05, 0) is 82.9 Å². The molecule has 0 spiro atoms. The molecule has 0 atom stereocenters. The number of thioether (sulfide) groups is 1. The maximum absolute atomic E-state index is 13.0. The zero-order valence-electron chi connectivity index (χ0n) is 21.1. The molecule has 0 saturated carbocycles. The number of carbonyl (C=O) groups excluding carboxylic acids is 3. The molecule has 6 nitrogen and oxygen atoms in total. The molecule has 1 aliphatic rings. The molecule has 4 aromatic carbocycles. The van der Waals surface area contributed by atoms with Crippen molar-refractivity contribution >= 4 is 51.4 Å². The molecule has 0 aromatic heterocycles. The van der Waals surface area contributed by atoms with Crippen molar-refractivity contribution in [3.05, 3.63) is 112 Å². The Morgan fingerprint density at radius 2 is 1.74 bits per heavy atom. The van der Waals surface area contributed by atoms with E-state index >= 15 is 0 Å². The van der Waals surface area contributed by atoms with Crippen LogP contribution in [0.2, 0.25) is 0 Å². The van der Waals surface area contributed by atoms with Crippen LogP contribution < -0.4 is 10.1 Å². The lowest BCUT2D eigenvalue weighted by Crippen LogP contribution is -2.36. The van der Waals surface area contributed by atoms with E-state index in [1.165, 1.54) is 0 Å². The molecule has 190 valence electrons. The van der Waals surface area contributed by atoms with E-state index in [-0.39, 0.29) is 11.4 Å². The third-order valence-electron chi connectivity index (χ3n) is 6.27. The van der Waals surface area contributed by atoms with E-state index in [2.05, 4.69) is 23.5 Å². The first-order valence-electron chi connectivity index (χ1n) is 12.2. The van der Waals surface area contributed by atoms with Crippen molar-refractivity contribution in [2.24, 2.45) is 0 Å². The van der Waals surface area contributed by atoms with Crippen LogP contribution in [0, 0.1) is 13.8 Å². The summed E-state index contributed by atoms with van der Waals surface area (Å²) in [5, 5.41) is 4.62. The van der Waals surface area contributed by atoms with E-state index in [0.717, 1.165) is 49.7 Å². The fourth-order valence-electron chi connectivity index (χ4n) is 4.27. The normalized spacial score (nSPS) is 14.4. The van der Waals surface area contributed by atoms with Gasteiger partial charge < -0.3 is 10.1 Å². The number of amides is 3. The van der Waals surface area contributed by atoms with E-state index in [9.17, 15) is 14.4 Å². The van der Waals surface area contributed by atoms with Crippen molar-refractivity contribution in [3.63, 3.8) is 0 Å². The second kappa shape index (κ2) is 10.9. The second-order valence-corrected chi connectivity index (χ2v) is 10.1. The SMILES string of the molecule is Cc1ccc(C)c(NC(=O)CN2C(=O)S/C(=C/c3cccc(OCc4cccc5ccccc45)c3)C2=O)c1. The number of rotatable bonds is 7. The lowest BCUT2D eigenvalue weighted by atomic mass is 10.1. The fourth-order valence-corrected chi connectivity index (χ4v) is 5.10. The Labute approximate surface area is 225 Å². The number of nitrogens with one attached hydrogen (secondary N) is 1. The number of nitrogens with zero attached hydrogens (tertiary/aromatic N) is 1. The van der Waals surface area contributed by atoms with Crippen molar-refractivity contribution in [2.45, 2.75) is 20.5 Å². The van der Waals surface area contributed by atoms with E-state index in [4.69, 9.17) is 4.74 Å². The monoisotopic (exact) mass is 522 g/mol. The molecule has 0 aliphatic carbocycles. The largest absolute Gasteiger partial charge is 0.489 e. The number of aryl methyl sites for hydroxylation is 2. The molecule has 0 radical (unpaired) electrons. The van der Waals surface area contributed by atoms with E-state index < -0.39 is 17.1 Å². The van der Waals surface area contributed by atoms with E-state index in [0.29, 0.717) is 18.0 Å². The molecule has 0 bridgehead atoms. The molecule has 1 N–H and O–H groups in total. The summed E-state index contributed by atoms with van der Waals surface area (Å²) in [6.07, 6.45) is 1.65. The van der Waals surface area contributed by atoms with E-state index in [1.807, 2.05) is 80.6 Å². The highest BCUT2D eigenvalue weighted by atomic mass is 32.2. The lowest BCUT2D eigenvalue weighted by molar-refractivity contribution is -0.127. The van der Waals surface area contributed by atoms with Gasteiger partial charge in [0.15, 0.2) is 0 Å². The van der Waals surface area contributed by atoms with Crippen molar-refractivity contribution in [1.29, 1.82) is 0 Å². The summed E-state index contributed by atoms with van der Waals surface area (Å²) in [6, 6.07) is 27.4. The molecule has 0 unspecified atom stereocenters. The summed E-state index contributed by atoms with van der Waals surface area (Å²) in [4.78, 5) is 39.3. The first-order valence-corrected chi connectivity index (χ1v) is 13.0. The number of ether oxygens (including phenoxy) is 1. The summed E-state index contributed by atoms with van der Waals surface area (Å²) in [7, 11) is 0. The van der Waals surface area contributed by atoms with Gasteiger partial charge in [-0.25, -0.2) is 0 Å². The average Bonchev–Trinajstić information content (AvgIpc) is 3.17. The van der Waals surface area contributed by atoms with Gasteiger partial charge in [-0.3, -0.25) is 19.3 Å². The van der Waals surface area contributed by atoms with Gasteiger partial charge in [-0.2, -0.15) is 0 Å².